The van der Waals surface area contributed by atoms with E-state index in [0.717, 1.165) is 4.90 Å². The van der Waals surface area contributed by atoms with E-state index in [9.17, 15) is 18.0 Å². The minimum Gasteiger partial charge on any atom is -0.385 e. The smallest absolute Gasteiger partial charge is 0.323 e. The number of carbonyl (C=O) groups excluding carboxylic acids is 2. The monoisotopic (exact) mass is 381 g/mol. The molecule has 1 aliphatic rings. The van der Waals surface area contributed by atoms with Crippen molar-refractivity contribution in [3.05, 3.63) is 35.9 Å². The van der Waals surface area contributed by atoms with Crippen molar-refractivity contribution in [2.24, 2.45) is 4.36 Å². The van der Waals surface area contributed by atoms with Gasteiger partial charge in [0.15, 0.2) is 0 Å². The van der Waals surface area contributed by atoms with Gasteiger partial charge in [0.1, 0.15) is 5.41 Å². The number of imide groups is 1. The van der Waals surface area contributed by atoms with Crippen molar-refractivity contribution >= 4 is 22.4 Å². The second kappa shape index (κ2) is 8.91. The SMILES string of the molecule is CNC(=O)N(CCCCOC)C(=O)C1(c2ccccc2)CC1N=S(=O)=O. The number of amides is 3. The van der Waals surface area contributed by atoms with Gasteiger partial charge in [0.05, 0.1) is 6.04 Å². The molecule has 2 unspecified atom stereocenters. The summed E-state index contributed by atoms with van der Waals surface area (Å²) in [7, 11) is 0.425. The van der Waals surface area contributed by atoms with E-state index < -0.39 is 33.9 Å². The predicted octanol–water partition coefficient (Wildman–Crippen LogP) is 1.35. The quantitative estimate of drug-likeness (QED) is 0.685. The van der Waals surface area contributed by atoms with Crippen molar-refractivity contribution in [3.63, 3.8) is 0 Å². The first-order valence-electron chi connectivity index (χ1n) is 8.35. The van der Waals surface area contributed by atoms with Gasteiger partial charge in [-0.05, 0) is 24.8 Å². The number of nitrogens with one attached hydrogen (secondary N) is 1. The summed E-state index contributed by atoms with van der Waals surface area (Å²) < 4.78 is 30.6. The van der Waals surface area contributed by atoms with Crippen molar-refractivity contribution in [1.82, 2.24) is 10.2 Å². The fourth-order valence-corrected chi connectivity index (χ4v) is 3.53. The highest BCUT2D eigenvalue weighted by Gasteiger charge is 2.64. The molecule has 1 saturated carbocycles. The maximum Gasteiger partial charge on any atom is 0.323 e. The molecule has 142 valence electrons. The van der Waals surface area contributed by atoms with E-state index >= 15 is 0 Å². The second-order valence-electron chi connectivity index (χ2n) is 6.09. The number of unbranched alkanes of at least 4 members (excludes halogenated alkanes) is 1. The largest absolute Gasteiger partial charge is 0.385 e. The summed E-state index contributed by atoms with van der Waals surface area (Å²) in [6.45, 7) is 0.760. The van der Waals surface area contributed by atoms with E-state index in [-0.39, 0.29) is 13.0 Å². The van der Waals surface area contributed by atoms with Gasteiger partial charge in [-0.25, -0.2) is 4.79 Å². The van der Waals surface area contributed by atoms with Gasteiger partial charge in [-0.3, -0.25) is 9.69 Å². The number of methoxy groups -OCH3 is 1. The number of hydrogen-bond donors (Lipinski definition) is 1. The third-order valence-electron chi connectivity index (χ3n) is 4.49. The Morgan fingerprint density at radius 1 is 1.31 bits per heavy atom. The molecule has 1 aliphatic carbocycles. The van der Waals surface area contributed by atoms with Crippen LogP contribution in [-0.2, 0) is 25.4 Å². The Balaban J connectivity index is 2.32. The van der Waals surface area contributed by atoms with E-state index in [1.165, 1.54) is 7.05 Å². The molecule has 0 heterocycles. The Kier molecular flexibility index (Phi) is 6.87. The topological polar surface area (TPSA) is 105 Å². The van der Waals surface area contributed by atoms with Gasteiger partial charge < -0.3 is 10.1 Å². The van der Waals surface area contributed by atoms with Gasteiger partial charge in [0.2, 0.25) is 5.91 Å². The number of rotatable bonds is 8. The molecule has 0 spiro atoms. The minimum absolute atomic E-state index is 0.226. The lowest BCUT2D eigenvalue weighted by Gasteiger charge is -2.26. The molecule has 1 N–H and O–H groups in total. The van der Waals surface area contributed by atoms with Crippen LogP contribution >= 0.6 is 0 Å². The number of nitrogens with zero attached hydrogens (tertiary/aromatic N) is 2. The molecule has 9 heteroatoms. The maximum absolute atomic E-state index is 13.3. The normalized spacial score (nSPS) is 20.9. The molecular formula is C17H23N3O5S. The fraction of sp³-hybridized carbons (Fsp3) is 0.529. The first kappa shape index (κ1) is 20.1. The number of ether oxygens (including phenoxy) is 1. The molecule has 1 fully saturated rings. The Morgan fingerprint density at radius 3 is 2.58 bits per heavy atom. The van der Waals surface area contributed by atoms with E-state index in [4.69, 9.17) is 4.74 Å². The molecule has 2 rings (SSSR count). The van der Waals surface area contributed by atoms with Crippen LogP contribution in [0, 0.1) is 0 Å². The summed E-state index contributed by atoms with van der Waals surface area (Å²) in [5, 5.41) is 2.48. The van der Waals surface area contributed by atoms with Gasteiger partial charge >= 0.3 is 16.5 Å². The average Bonchev–Trinajstić information content (AvgIpc) is 3.35. The van der Waals surface area contributed by atoms with Crippen LogP contribution in [0.1, 0.15) is 24.8 Å². The van der Waals surface area contributed by atoms with Gasteiger partial charge in [0, 0.05) is 27.3 Å². The Bertz CT molecular complexity index is 773. The molecule has 26 heavy (non-hydrogen) atoms. The fourth-order valence-electron chi connectivity index (χ4n) is 3.06. The van der Waals surface area contributed by atoms with Crippen LogP contribution in [0.25, 0.3) is 0 Å². The highest BCUT2D eigenvalue weighted by atomic mass is 32.2. The Morgan fingerprint density at radius 2 is 2.00 bits per heavy atom. The molecule has 2 atom stereocenters. The summed E-state index contributed by atoms with van der Waals surface area (Å²) in [5.41, 5.74) is -0.454. The third kappa shape index (κ3) is 4.28. The first-order chi connectivity index (χ1) is 12.5. The lowest BCUT2D eigenvalue weighted by atomic mass is 9.93. The van der Waals surface area contributed by atoms with E-state index in [1.807, 2.05) is 6.07 Å². The van der Waals surface area contributed by atoms with Crippen molar-refractivity contribution < 1.29 is 22.7 Å². The summed E-state index contributed by atoms with van der Waals surface area (Å²) in [6, 6.07) is 7.66. The van der Waals surface area contributed by atoms with E-state index in [0.29, 0.717) is 25.0 Å². The minimum atomic E-state index is -2.62. The van der Waals surface area contributed by atoms with Crippen molar-refractivity contribution in [2.75, 3.05) is 27.3 Å². The molecular weight excluding hydrogens is 358 g/mol. The average molecular weight is 381 g/mol. The van der Waals surface area contributed by atoms with Crippen molar-refractivity contribution in [2.45, 2.75) is 30.7 Å². The highest BCUT2D eigenvalue weighted by Crippen LogP contribution is 2.52. The molecule has 0 aliphatic heterocycles. The summed E-state index contributed by atoms with van der Waals surface area (Å²) >= 11 is 0. The molecule has 1 aromatic carbocycles. The number of urea groups is 1. The van der Waals surface area contributed by atoms with Crippen molar-refractivity contribution in [3.8, 4) is 0 Å². The molecule has 0 bridgehead atoms. The van der Waals surface area contributed by atoms with Crippen molar-refractivity contribution in [1.29, 1.82) is 0 Å². The lowest BCUT2D eigenvalue weighted by Crippen LogP contribution is -2.48. The molecule has 0 radical (unpaired) electrons. The van der Waals surface area contributed by atoms with Gasteiger partial charge in [-0.2, -0.15) is 12.8 Å². The second-order valence-corrected chi connectivity index (χ2v) is 6.74. The number of carbonyl (C=O) groups is 2. The zero-order valence-corrected chi connectivity index (χ0v) is 15.7. The predicted molar refractivity (Wildman–Crippen MR) is 95.2 cm³/mol. The van der Waals surface area contributed by atoms with Gasteiger partial charge in [-0.1, -0.05) is 30.3 Å². The third-order valence-corrected chi connectivity index (χ3v) is 4.92. The maximum atomic E-state index is 13.3. The van der Waals surface area contributed by atoms with Crippen LogP contribution in [-0.4, -0.2) is 58.6 Å². The molecule has 0 aromatic heterocycles. The first-order valence-corrected chi connectivity index (χ1v) is 9.39. The van der Waals surface area contributed by atoms with Crippen LogP contribution < -0.4 is 5.32 Å². The van der Waals surface area contributed by atoms with Crippen LogP contribution in [0.4, 0.5) is 4.79 Å². The molecule has 8 nitrogen and oxygen atoms in total. The van der Waals surface area contributed by atoms with Crippen LogP contribution in [0.5, 0.6) is 0 Å². The highest BCUT2D eigenvalue weighted by molar-refractivity contribution is 7.61. The standard InChI is InChI=1S/C17H23N3O5S/c1-18-16(22)20(10-6-7-11-25-2)15(21)17(12-14(17)19-26(23)24)13-8-4-3-5-9-13/h3-5,8-9,14H,6-7,10-12H2,1-2H3,(H,18,22). The molecule has 0 saturated heterocycles. The zero-order valence-electron chi connectivity index (χ0n) is 14.8. The lowest BCUT2D eigenvalue weighted by molar-refractivity contribution is -0.131. The van der Waals surface area contributed by atoms with E-state index in [2.05, 4.69) is 9.68 Å². The molecule has 3 amide bonds. The number of benzene rings is 1. The molecule has 1 aromatic rings. The Labute approximate surface area is 154 Å². The summed E-state index contributed by atoms with van der Waals surface area (Å²) in [4.78, 5) is 26.7. The summed E-state index contributed by atoms with van der Waals surface area (Å²) in [6.07, 6.45) is 1.55. The van der Waals surface area contributed by atoms with Gasteiger partial charge in [-0.15, -0.1) is 0 Å². The van der Waals surface area contributed by atoms with Crippen LogP contribution in [0.3, 0.4) is 0 Å². The van der Waals surface area contributed by atoms with Gasteiger partial charge in [0.25, 0.3) is 0 Å². The number of hydrogen-bond acceptors (Lipinski definition) is 6. The Hall–Kier alpha value is -2.26. The van der Waals surface area contributed by atoms with Crippen LogP contribution in [0.2, 0.25) is 0 Å². The van der Waals surface area contributed by atoms with E-state index in [1.54, 1.807) is 31.4 Å². The zero-order chi connectivity index (χ0) is 19.2. The van der Waals surface area contributed by atoms with Crippen LogP contribution in [0.15, 0.2) is 34.7 Å². The summed E-state index contributed by atoms with van der Waals surface area (Å²) in [5.74, 6) is -0.431.